The van der Waals surface area contributed by atoms with Crippen molar-refractivity contribution >= 4 is 23.4 Å². The van der Waals surface area contributed by atoms with Crippen molar-refractivity contribution in [3.05, 3.63) is 11.4 Å². The lowest BCUT2D eigenvalue weighted by molar-refractivity contribution is -0.138. The third kappa shape index (κ3) is 1.93. The molecule has 1 saturated carbocycles. The van der Waals surface area contributed by atoms with Crippen LogP contribution in [0.5, 0.6) is 0 Å². The quantitative estimate of drug-likeness (QED) is 0.621. The average molecular weight is 277 g/mol. The summed E-state index contributed by atoms with van der Waals surface area (Å²) in [7, 11) is 0. The van der Waals surface area contributed by atoms with E-state index in [1.54, 1.807) is 6.92 Å². The fourth-order valence-electron chi connectivity index (χ4n) is 2.31. The second-order valence-corrected chi connectivity index (χ2v) is 5.20. The number of carbonyl (C=O) groups is 3. The van der Waals surface area contributed by atoms with Gasteiger partial charge < -0.3 is 10.6 Å². The van der Waals surface area contributed by atoms with Crippen LogP contribution < -0.4 is 11.1 Å². The number of aromatic nitrogens is 2. The Hall–Kier alpha value is -2.38. The molecule has 3 rings (SSSR count). The zero-order valence-electron chi connectivity index (χ0n) is 11.0. The van der Waals surface area contributed by atoms with E-state index < -0.39 is 23.8 Å². The van der Waals surface area contributed by atoms with Gasteiger partial charge >= 0.3 is 0 Å². The van der Waals surface area contributed by atoms with Gasteiger partial charge in [0.2, 0.25) is 11.8 Å². The maximum atomic E-state index is 12.4. The van der Waals surface area contributed by atoms with Crippen molar-refractivity contribution < 1.29 is 14.4 Å². The smallest absolute Gasteiger partial charge is 0.277 e. The topological polar surface area (TPSA) is 121 Å². The van der Waals surface area contributed by atoms with Gasteiger partial charge in [0.05, 0.1) is 11.4 Å². The first-order valence-electron chi connectivity index (χ1n) is 6.47. The van der Waals surface area contributed by atoms with E-state index in [0.29, 0.717) is 11.6 Å². The summed E-state index contributed by atoms with van der Waals surface area (Å²) < 4.78 is 0. The van der Waals surface area contributed by atoms with Gasteiger partial charge in [0.1, 0.15) is 12.6 Å². The Balaban J connectivity index is 1.88. The Morgan fingerprint density at radius 1 is 1.40 bits per heavy atom. The number of piperazine rings is 1. The summed E-state index contributed by atoms with van der Waals surface area (Å²) in [6, 6.07) is -0.722. The van der Waals surface area contributed by atoms with Gasteiger partial charge in [0, 0.05) is 5.92 Å². The van der Waals surface area contributed by atoms with E-state index in [-0.39, 0.29) is 12.2 Å². The van der Waals surface area contributed by atoms with E-state index >= 15 is 0 Å². The first-order valence-corrected chi connectivity index (χ1v) is 6.47. The molecule has 2 heterocycles. The number of imide groups is 1. The van der Waals surface area contributed by atoms with Crippen molar-refractivity contribution in [1.82, 2.24) is 20.4 Å². The van der Waals surface area contributed by atoms with E-state index in [1.165, 1.54) is 4.90 Å². The van der Waals surface area contributed by atoms with Crippen LogP contribution in [0, 0.1) is 0 Å². The molecule has 0 spiro atoms. The van der Waals surface area contributed by atoms with E-state index in [4.69, 9.17) is 5.73 Å². The summed E-state index contributed by atoms with van der Waals surface area (Å²) in [5.41, 5.74) is 7.12. The number of H-pyrrole nitrogens is 1. The van der Waals surface area contributed by atoms with Crippen molar-refractivity contribution in [2.45, 2.75) is 31.7 Å². The Bertz CT molecular complexity index is 604. The van der Waals surface area contributed by atoms with Gasteiger partial charge in [-0.3, -0.25) is 24.8 Å². The molecule has 1 saturated heterocycles. The van der Waals surface area contributed by atoms with Crippen molar-refractivity contribution in [3.8, 4) is 0 Å². The number of nitrogens with two attached hydrogens (primary N) is 1. The predicted molar refractivity (Wildman–Crippen MR) is 68.6 cm³/mol. The van der Waals surface area contributed by atoms with Crippen LogP contribution in [0.4, 0.5) is 5.69 Å². The lowest BCUT2D eigenvalue weighted by Crippen LogP contribution is -2.58. The number of nitrogen functional groups attached to an aromatic ring is 1. The number of carbonyl (C=O) groups excluding carboxylic acids is 3. The van der Waals surface area contributed by atoms with Crippen molar-refractivity contribution in [2.75, 3.05) is 12.3 Å². The zero-order chi connectivity index (χ0) is 14.4. The highest BCUT2D eigenvalue weighted by molar-refractivity contribution is 6.08. The first-order chi connectivity index (χ1) is 9.49. The van der Waals surface area contributed by atoms with Crippen LogP contribution in [-0.2, 0) is 9.59 Å². The lowest BCUT2D eigenvalue weighted by Gasteiger charge is -2.31. The average Bonchev–Trinajstić information content (AvgIpc) is 3.16. The van der Waals surface area contributed by atoms with Crippen molar-refractivity contribution in [1.29, 1.82) is 0 Å². The summed E-state index contributed by atoms with van der Waals surface area (Å²) in [6.45, 7) is 1.39. The molecule has 8 nitrogen and oxygen atoms in total. The minimum atomic E-state index is -0.722. The summed E-state index contributed by atoms with van der Waals surface area (Å²) in [4.78, 5) is 36.6. The summed E-state index contributed by atoms with van der Waals surface area (Å²) in [5, 5.41) is 8.92. The number of hydrogen-bond donors (Lipinski definition) is 3. The maximum Gasteiger partial charge on any atom is 0.277 e. The van der Waals surface area contributed by atoms with Gasteiger partial charge in [-0.25, -0.2) is 0 Å². The Morgan fingerprint density at radius 3 is 2.75 bits per heavy atom. The number of anilines is 1. The van der Waals surface area contributed by atoms with Gasteiger partial charge in [0.25, 0.3) is 5.91 Å². The van der Waals surface area contributed by atoms with E-state index in [1.807, 2.05) is 0 Å². The van der Waals surface area contributed by atoms with Crippen LogP contribution in [-0.4, -0.2) is 45.4 Å². The van der Waals surface area contributed by atoms with Crippen LogP contribution in [0.15, 0.2) is 0 Å². The second kappa shape index (κ2) is 4.32. The third-order valence-corrected chi connectivity index (χ3v) is 3.71. The predicted octanol–water partition coefficient (Wildman–Crippen LogP) is -0.644. The molecule has 0 bridgehead atoms. The molecule has 1 unspecified atom stereocenters. The molecule has 1 aromatic heterocycles. The summed E-state index contributed by atoms with van der Waals surface area (Å²) in [5.74, 6) is -1.15. The van der Waals surface area contributed by atoms with Gasteiger partial charge in [-0.05, 0) is 19.8 Å². The highest BCUT2D eigenvalue weighted by Crippen LogP contribution is 2.42. The SMILES string of the molecule is CC1C(=O)NC(=O)CN1C(=O)c1n[nH]c(C2CC2)c1N. The van der Waals surface area contributed by atoms with E-state index in [2.05, 4.69) is 15.5 Å². The molecule has 1 aliphatic carbocycles. The summed E-state index contributed by atoms with van der Waals surface area (Å²) >= 11 is 0. The zero-order valence-corrected chi connectivity index (χ0v) is 11.0. The van der Waals surface area contributed by atoms with Gasteiger partial charge in [-0.1, -0.05) is 0 Å². The molecule has 4 N–H and O–H groups in total. The van der Waals surface area contributed by atoms with Crippen LogP contribution in [0.25, 0.3) is 0 Å². The van der Waals surface area contributed by atoms with Crippen LogP contribution in [0.2, 0.25) is 0 Å². The normalized spacial score (nSPS) is 22.9. The molecule has 20 heavy (non-hydrogen) atoms. The highest BCUT2D eigenvalue weighted by atomic mass is 16.2. The fourth-order valence-corrected chi connectivity index (χ4v) is 2.31. The third-order valence-electron chi connectivity index (χ3n) is 3.71. The number of amides is 3. The Morgan fingerprint density at radius 2 is 2.10 bits per heavy atom. The molecule has 1 aromatic rings. The number of nitrogens with zero attached hydrogens (tertiary/aromatic N) is 2. The van der Waals surface area contributed by atoms with Gasteiger partial charge in [-0.2, -0.15) is 5.10 Å². The molecule has 2 aliphatic rings. The molecule has 2 fully saturated rings. The number of nitrogens with one attached hydrogen (secondary N) is 2. The minimum absolute atomic E-state index is 0.0845. The Kier molecular flexibility index (Phi) is 2.73. The van der Waals surface area contributed by atoms with Gasteiger partial charge in [0.15, 0.2) is 5.69 Å². The largest absolute Gasteiger partial charge is 0.395 e. The lowest BCUT2D eigenvalue weighted by atomic mass is 10.1. The van der Waals surface area contributed by atoms with Crippen LogP contribution >= 0.6 is 0 Å². The van der Waals surface area contributed by atoms with Gasteiger partial charge in [-0.15, -0.1) is 0 Å². The first kappa shape index (κ1) is 12.6. The number of rotatable bonds is 2. The van der Waals surface area contributed by atoms with Crippen molar-refractivity contribution in [2.24, 2.45) is 0 Å². The standard InChI is InChI=1S/C12H15N5O3/c1-5-11(19)14-7(18)4-17(5)12(20)10-8(13)9(15-16-10)6-2-3-6/h5-6H,2-4,13H2,1H3,(H,15,16)(H,14,18,19). The molecule has 1 aliphatic heterocycles. The highest BCUT2D eigenvalue weighted by Gasteiger charge is 2.37. The van der Waals surface area contributed by atoms with Crippen LogP contribution in [0.1, 0.15) is 41.9 Å². The van der Waals surface area contributed by atoms with E-state index in [0.717, 1.165) is 18.5 Å². The Labute approximate surface area is 114 Å². The van der Waals surface area contributed by atoms with Crippen LogP contribution in [0.3, 0.4) is 0 Å². The monoisotopic (exact) mass is 277 g/mol. The molecule has 0 radical (unpaired) electrons. The number of hydrogen-bond acceptors (Lipinski definition) is 5. The number of aromatic amines is 1. The molecular weight excluding hydrogens is 262 g/mol. The fraction of sp³-hybridized carbons (Fsp3) is 0.500. The molecule has 8 heteroatoms. The molecule has 1 atom stereocenters. The maximum absolute atomic E-state index is 12.4. The molecule has 106 valence electrons. The van der Waals surface area contributed by atoms with Crippen molar-refractivity contribution in [3.63, 3.8) is 0 Å². The van der Waals surface area contributed by atoms with E-state index in [9.17, 15) is 14.4 Å². The summed E-state index contributed by atoms with van der Waals surface area (Å²) in [6.07, 6.45) is 2.06. The second-order valence-electron chi connectivity index (χ2n) is 5.20. The molecule has 0 aromatic carbocycles. The minimum Gasteiger partial charge on any atom is -0.395 e. The molecular formula is C12H15N5O3. The molecule has 3 amide bonds.